The van der Waals surface area contributed by atoms with E-state index in [4.69, 9.17) is 0 Å². The van der Waals surface area contributed by atoms with Gasteiger partial charge in [0.25, 0.3) is 0 Å². The van der Waals surface area contributed by atoms with Gasteiger partial charge in [0.05, 0.1) is 0 Å². The van der Waals surface area contributed by atoms with Gasteiger partial charge in [0.1, 0.15) is 0 Å². The number of hydrogen-bond acceptors (Lipinski definition) is 1. The highest BCUT2D eigenvalue weighted by atomic mass is 31.1. The Morgan fingerprint density at radius 2 is 1.43 bits per heavy atom. The zero-order valence-electron chi connectivity index (χ0n) is 12.7. The average Bonchev–Trinajstić information content (AvgIpc) is 3.24. The van der Waals surface area contributed by atoms with E-state index in [1.54, 1.807) is 0 Å². The molecule has 0 spiro atoms. The average molecular weight is 295 g/mol. The van der Waals surface area contributed by atoms with E-state index in [0.29, 0.717) is 18.0 Å². The molecule has 0 bridgehead atoms. The third-order valence-corrected chi connectivity index (χ3v) is 6.60. The minimum atomic E-state index is -0.454. The van der Waals surface area contributed by atoms with Gasteiger partial charge in [-0.3, -0.25) is 4.67 Å². The zero-order chi connectivity index (χ0) is 14.8. The summed E-state index contributed by atoms with van der Waals surface area (Å²) in [5.74, 6) is 0.658. The second-order valence-electron chi connectivity index (χ2n) is 5.82. The Bertz CT molecular complexity index is 554. The molecule has 1 aliphatic heterocycles. The third-order valence-electron chi connectivity index (χ3n) is 4.03. The van der Waals surface area contributed by atoms with Crippen LogP contribution in [0.15, 0.2) is 73.3 Å². The summed E-state index contributed by atoms with van der Waals surface area (Å²) in [5, 5.41) is 2.85. The van der Waals surface area contributed by atoms with Gasteiger partial charge >= 0.3 is 0 Å². The van der Waals surface area contributed by atoms with Crippen molar-refractivity contribution in [3.63, 3.8) is 0 Å². The fraction of sp³-hybridized carbons (Fsp3) is 0.263. The van der Waals surface area contributed by atoms with Crippen LogP contribution >= 0.6 is 8.07 Å². The van der Waals surface area contributed by atoms with Crippen molar-refractivity contribution in [2.24, 2.45) is 5.92 Å². The van der Waals surface area contributed by atoms with Gasteiger partial charge in [-0.1, -0.05) is 80.6 Å². The van der Waals surface area contributed by atoms with Gasteiger partial charge < -0.3 is 0 Å². The molecule has 3 rings (SSSR count). The van der Waals surface area contributed by atoms with E-state index < -0.39 is 8.07 Å². The molecule has 108 valence electrons. The van der Waals surface area contributed by atoms with Crippen molar-refractivity contribution in [2.45, 2.75) is 25.9 Å². The number of hydrogen-bond donors (Lipinski definition) is 0. The van der Waals surface area contributed by atoms with E-state index >= 15 is 0 Å². The molecule has 0 amide bonds. The molecule has 1 heterocycles. The van der Waals surface area contributed by atoms with Crippen molar-refractivity contribution in [3.8, 4) is 0 Å². The summed E-state index contributed by atoms with van der Waals surface area (Å²) >= 11 is 0. The Hall–Kier alpha value is -1.43. The lowest BCUT2D eigenvalue weighted by atomic mass is 10.1. The molecule has 1 nitrogen and oxygen atoms in total. The monoisotopic (exact) mass is 295 g/mol. The maximum absolute atomic E-state index is 4.04. The second-order valence-corrected chi connectivity index (χ2v) is 7.94. The van der Waals surface area contributed by atoms with E-state index in [1.165, 1.54) is 10.6 Å². The molecular weight excluding hydrogens is 273 g/mol. The fourth-order valence-corrected chi connectivity index (χ4v) is 5.87. The predicted octanol–water partition coefficient (Wildman–Crippen LogP) is 3.93. The van der Waals surface area contributed by atoms with Crippen LogP contribution in [0.3, 0.4) is 0 Å². The van der Waals surface area contributed by atoms with Crippen LogP contribution in [0.1, 0.15) is 13.8 Å². The van der Waals surface area contributed by atoms with Crippen LogP contribution in [0.2, 0.25) is 0 Å². The maximum atomic E-state index is 4.04. The van der Waals surface area contributed by atoms with Gasteiger partial charge in [-0.15, -0.1) is 6.58 Å². The largest absolute Gasteiger partial charge is 0.261 e. The molecule has 2 aromatic rings. The highest BCUT2D eigenvalue weighted by molar-refractivity contribution is 7.71. The molecule has 1 unspecified atom stereocenters. The molecule has 2 heteroatoms. The quantitative estimate of drug-likeness (QED) is 0.459. The summed E-state index contributed by atoms with van der Waals surface area (Å²) in [6, 6.07) is 22.9. The zero-order valence-corrected chi connectivity index (χ0v) is 13.6. The molecule has 1 aliphatic rings. The summed E-state index contributed by atoms with van der Waals surface area (Å²) < 4.78 is 2.65. The highest BCUT2D eigenvalue weighted by Gasteiger charge is 2.51. The van der Waals surface area contributed by atoms with E-state index in [9.17, 15) is 0 Å². The van der Waals surface area contributed by atoms with Crippen LogP contribution < -0.4 is 10.6 Å². The van der Waals surface area contributed by atoms with Crippen LogP contribution in [-0.2, 0) is 0 Å². The van der Waals surface area contributed by atoms with Gasteiger partial charge in [0.15, 0.2) is 0 Å². The van der Waals surface area contributed by atoms with Crippen LogP contribution in [0.25, 0.3) is 0 Å². The SMILES string of the molecule is C=C[C@@H]1[C@H](C(C)C)N1P(c1ccccc1)c1ccccc1. The molecule has 0 saturated carbocycles. The number of rotatable bonds is 5. The minimum Gasteiger partial charge on any atom is -0.261 e. The summed E-state index contributed by atoms with van der Waals surface area (Å²) in [6.45, 7) is 8.66. The lowest BCUT2D eigenvalue weighted by Gasteiger charge is -2.21. The first-order valence-electron chi connectivity index (χ1n) is 7.55. The number of benzene rings is 2. The van der Waals surface area contributed by atoms with Crippen molar-refractivity contribution < 1.29 is 0 Å². The van der Waals surface area contributed by atoms with Crippen molar-refractivity contribution in [2.75, 3.05) is 0 Å². The first-order chi connectivity index (χ1) is 10.2. The Kier molecular flexibility index (Phi) is 4.24. The normalized spacial score (nSPS) is 24.3. The highest BCUT2D eigenvalue weighted by Crippen LogP contribution is 2.54. The Morgan fingerprint density at radius 1 is 0.952 bits per heavy atom. The number of nitrogens with zero attached hydrogens (tertiary/aromatic N) is 1. The summed E-state index contributed by atoms with van der Waals surface area (Å²) in [6.07, 6.45) is 2.12. The predicted molar refractivity (Wildman–Crippen MR) is 93.5 cm³/mol. The Morgan fingerprint density at radius 3 is 1.76 bits per heavy atom. The van der Waals surface area contributed by atoms with E-state index in [0.717, 1.165) is 0 Å². The van der Waals surface area contributed by atoms with Crippen molar-refractivity contribution in [1.82, 2.24) is 4.67 Å². The summed E-state index contributed by atoms with van der Waals surface area (Å²) in [7, 11) is -0.454. The van der Waals surface area contributed by atoms with Gasteiger partial charge in [-0.05, 0) is 16.5 Å². The maximum Gasteiger partial charge on any atom is 0.0484 e. The molecule has 0 radical (unpaired) electrons. The second kappa shape index (κ2) is 6.13. The first-order valence-corrected chi connectivity index (χ1v) is 8.84. The van der Waals surface area contributed by atoms with Crippen LogP contribution in [0.4, 0.5) is 0 Å². The molecule has 1 fully saturated rings. The smallest absolute Gasteiger partial charge is 0.0484 e. The summed E-state index contributed by atoms with van der Waals surface area (Å²) in [4.78, 5) is 0. The Labute approximate surface area is 129 Å². The van der Waals surface area contributed by atoms with Gasteiger partial charge in [-0.2, -0.15) is 0 Å². The molecule has 2 aromatic carbocycles. The minimum absolute atomic E-state index is 0.454. The first kappa shape index (κ1) is 14.5. The lowest BCUT2D eigenvalue weighted by Crippen LogP contribution is -2.19. The standard InChI is InChI=1S/C19H22NP/c1-4-18-19(15(2)3)20(18)21(16-11-7-5-8-12-16)17-13-9-6-10-14-17/h4-15,18-19H,1H2,2-3H3/t18-,19+,20?/m1/s1. The molecule has 0 aliphatic carbocycles. The Balaban J connectivity index is 2.00. The molecular formula is C19H22NP. The van der Waals surface area contributed by atoms with Gasteiger partial charge in [0, 0.05) is 20.2 Å². The van der Waals surface area contributed by atoms with Gasteiger partial charge in [-0.25, -0.2) is 0 Å². The third kappa shape index (κ3) is 2.81. The summed E-state index contributed by atoms with van der Waals surface area (Å²) in [5.41, 5.74) is 0. The van der Waals surface area contributed by atoms with Crippen LogP contribution in [0, 0.1) is 5.92 Å². The molecule has 3 atom stereocenters. The fourth-order valence-electron chi connectivity index (χ4n) is 3.02. The van der Waals surface area contributed by atoms with Gasteiger partial charge in [0.2, 0.25) is 0 Å². The topological polar surface area (TPSA) is 3.01 Å². The molecule has 0 aromatic heterocycles. The van der Waals surface area contributed by atoms with Crippen molar-refractivity contribution >= 4 is 18.7 Å². The molecule has 21 heavy (non-hydrogen) atoms. The van der Waals surface area contributed by atoms with Crippen molar-refractivity contribution in [3.05, 3.63) is 73.3 Å². The van der Waals surface area contributed by atoms with Crippen LogP contribution in [-0.4, -0.2) is 16.8 Å². The lowest BCUT2D eigenvalue weighted by molar-refractivity contribution is 0.578. The molecule has 0 N–H and O–H groups in total. The van der Waals surface area contributed by atoms with Crippen LogP contribution in [0.5, 0.6) is 0 Å². The van der Waals surface area contributed by atoms with E-state index in [-0.39, 0.29) is 0 Å². The molecule has 1 saturated heterocycles. The van der Waals surface area contributed by atoms with Crippen molar-refractivity contribution in [1.29, 1.82) is 0 Å². The van der Waals surface area contributed by atoms with E-state index in [1.807, 2.05) is 0 Å². The van der Waals surface area contributed by atoms with E-state index in [2.05, 4.69) is 91.8 Å².